The molecule has 2 N–H and O–H groups in total. The third-order valence-corrected chi connectivity index (χ3v) is 2.79. The summed E-state index contributed by atoms with van der Waals surface area (Å²) in [7, 11) is 1.37. The van der Waals surface area contributed by atoms with Crippen LogP contribution in [0.3, 0.4) is 0 Å². The highest BCUT2D eigenvalue weighted by molar-refractivity contribution is 5.80. The zero-order valence-electron chi connectivity index (χ0n) is 9.85. The number of hydrogen-bond donors (Lipinski definition) is 1. The summed E-state index contributed by atoms with van der Waals surface area (Å²) in [6.07, 6.45) is 5.62. The van der Waals surface area contributed by atoms with Crippen molar-refractivity contribution in [2.75, 3.05) is 7.11 Å². The first-order valence-corrected chi connectivity index (χ1v) is 5.47. The first-order valence-electron chi connectivity index (χ1n) is 5.47. The van der Waals surface area contributed by atoms with Crippen LogP contribution >= 0.6 is 0 Å². The van der Waals surface area contributed by atoms with E-state index >= 15 is 0 Å². The molecule has 0 saturated carbocycles. The van der Waals surface area contributed by atoms with E-state index in [-0.39, 0.29) is 5.97 Å². The number of rotatable bonds is 6. The summed E-state index contributed by atoms with van der Waals surface area (Å²) in [6.45, 7) is 2.66. The number of nitrogens with two attached hydrogens (primary N) is 1. The Balaban J connectivity index is 2.42. The molecular weight excluding hydrogens is 206 g/mol. The quantitative estimate of drug-likeness (QED) is 0.731. The lowest BCUT2D eigenvalue weighted by Gasteiger charge is -2.24. The first-order chi connectivity index (χ1) is 7.62. The van der Waals surface area contributed by atoms with E-state index in [0.717, 1.165) is 13.0 Å². The second kappa shape index (κ2) is 5.65. The summed E-state index contributed by atoms with van der Waals surface area (Å²) >= 11 is 0. The van der Waals surface area contributed by atoms with E-state index < -0.39 is 5.54 Å². The highest BCUT2D eigenvalue weighted by atomic mass is 16.5. The highest BCUT2D eigenvalue weighted by Crippen LogP contribution is 2.16. The Morgan fingerprint density at radius 3 is 2.88 bits per heavy atom. The van der Waals surface area contributed by atoms with Crippen LogP contribution in [0, 0.1) is 0 Å². The van der Waals surface area contributed by atoms with Crippen LogP contribution in [0.4, 0.5) is 0 Å². The number of carbonyl (C=O) groups excluding carboxylic acids is 1. The van der Waals surface area contributed by atoms with Gasteiger partial charge in [0.2, 0.25) is 0 Å². The summed E-state index contributed by atoms with van der Waals surface area (Å²) in [4.78, 5) is 11.5. The van der Waals surface area contributed by atoms with Crippen LogP contribution in [0.25, 0.3) is 0 Å². The monoisotopic (exact) mass is 225 g/mol. The number of aryl methyl sites for hydroxylation is 1. The van der Waals surface area contributed by atoms with Crippen LogP contribution in [-0.2, 0) is 16.1 Å². The van der Waals surface area contributed by atoms with E-state index in [9.17, 15) is 4.79 Å². The molecule has 0 aliphatic heterocycles. The van der Waals surface area contributed by atoms with Gasteiger partial charge in [0.15, 0.2) is 0 Å². The summed E-state index contributed by atoms with van der Waals surface area (Å²) in [5.41, 5.74) is 5.13. The molecule has 0 bridgehead atoms. The van der Waals surface area contributed by atoms with Gasteiger partial charge in [0.1, 0.15) is 5.54 Å². The molecule has 0 fully saturated rings. The highest BCUT2D eigenvalue weighted by Gasteiger charge is 2.32. The smallest absolute Gasteiger partial charge is 0.325 e. The van der Waals surface area contributed by atoms with Crippen LogP contribution in [0.5, 0.6) is 0 Å². The Kier molecular flexibility index (Phi) is 4.49. The molecule has 0 aromatic carbocycles. The van der Waals surface area contributed by atoms with Crippen LogP contribution in [0.15, 0.2) is 18.5 Å². The fraction of sp³-hybridized carbons (Fsp3) is 0.636. The molecule has 0 saturated heterocycles. The van der Waals surface area contributed by atoms with Crippen molar-refractivity contribution in [1.82, 2.24) is 9.78 Å². The topological polar surface area (TPSA) is 70.1 Å². The number of nitrogens with zero attached hydrogens (tertiary/aromatic N) is 2. The molecule has 16 heavy (non-hydrogen) atoms. The summed E-state index contributed by atoms with van der Waals surface area (Å²) in [6, 6.07) is 1.87. The van der Waals surface area contributed by atoms with Crippen molar-refractivity contribution in [3.63, 3.8) is 0 Å². The largest absolute Gasteiger partial charge is 0.468 e. The van der Waals surface area contributed by atoms with E-state index in [2.05, 4.69) is 5.10 Å². The van der Waals surface area contributed by atoms with E-state index in [0.29, 0.717) is 12.8 Å². The Bertz CT molecular complexity index is 324. The molecule has 1 unspecified atom stereocenters. The Morgan fingerprint density at radius 2 is 2.38 bits per heavy atom. The van der Waals surface area contributed by atoms with E-state index in [1.54, 1.807) is 6.20 Å². The molecule has 5 nitrogen and oxygen atoms in total. The second-order valence-corrected chi connectivity index (χ2v) is 3.87. The lowest BCUT2D eigenvalue weighted by Crippen LogP contribution is -2.48. The van der Waals surface area contributed by atoms with E-state index in [1.807, 2.05) is 23.9 Å². The maximum Gasteiger partial charge on any atom is 0.325 e. The third-order valence-electron chi connectivity index (χ3n) is 2.79. The molecule has 5 heteroatoms. The van der Waals surface area contributed by atoms with Crippen molar-refractivity contribution in [3.05, 3.63) is 18.5 Å². The summed E-state index contributed by atoms with van der Waals surface area (Å²) in [5, 5.41) is 4.09. The van der Waals surface area contributed by atoms with Gasteiger partial charge in [-0.2, -0.15) is 5.10 Å². The Labute approximate surface area is 95.6 Å². The van der Waals surface area contributed by atoms with Gasteiger partial charge in [-0.15, -0.1) is 0 Å². The van der Waals surface area contributed by atoms with Gasteiger partial charge < -0.3 is 10.5 Å². The molecule has 90 valence electrons. The fourth-order valence-corrected chi connectivity index (χ4v) is 1.62. The van der Waals surface area contributed by atoms with Crippen molar-refractivity contribution >= 4 is 5.97 Å². The minimum atomic E-state index is -0.859. The molecule has 0 aliphatic rings. The minimum Gasteiger partial charge on any atom is -0.468 e. The molecule has 1 rings (SSSR count). The normalized spacial score (nSPS) is 14.4. The Morgan fingerprint density at radius 1 is 1.62 bits per heavy atom. The molecule has 0 aliphatic carbocycles. The number of aromatic nitrogens is 2. The van der Waals surface area contributed by atoms with Gasteiger partial charge in [-0.1, -0.05) is 6.92 Å². The van der Waals surface area contributed by atoms with E-state index in [1.165, 1.54) is 7.11 Å². The molecule has 1 aromatic heterocycles. The maximum absolute atomic E-state index is 11.5. The zero-order valence-corrected chi connectivity index (χ0v) is 9.85. The van der Waals surface area contributed by atoms with Gasteiger partial charge in [-0.05, 0) is 25.3 Å². The van der Waals surface area contributed by atoms with Crippen LogP contribution in [0.1, 0.15) is 26.2 Å². The molecule has 0 amide bonds. The van der Waals surface area contributed by atoms with Crippen molar-refractivity contribution in [1.29, 1.82) is 0 Å². The van der Waals surface area contributed by atoms with Crippen LogP contribution in [-0.4, -0.2) is 28.4 Å². The first kappa shape index (κ1) is 12.7. The molecule has 1 heterocycles. The molecular formula is C11H19N3O2. The summed E-state index contributed by atoms with van der Waals surface area (Å²) in [5.74, 6) is -0.338. The zero-order chi connectivity index (χ0) is 12.0. The minimum absolute atomic E-state index is 0.338. The third kappa shape index (κ3) is 3.06. The molecule has 1 atom stereocenters. The van der Waals surface area contributed by atoms with Gasteiger partial charge >= 0.3 is 5.97 Å². The Hall–Kier alpha value is -1.36. The van der Waals surface area contributed by atoms with Gasteiger partial charge in [0.05, 0.1) is 7.11 Å². The van der Waals surface area contributed by atoms with Gasteiger partial charge in [-0.3, -0.25) is 9.48 Å². The number of hydrogen-bond acceptors (Lipinski definition) is 4. The number of ether oxygens (including phenoxy) is 1. The number of esters is 1. The van der Waals surface area contributed by atoms with Gasteiger partial charge in [-0.25, -0.2) is 0 Å². The predicted molar refractivity (Wildman–Crippen MR) is 60.7 cm³/mol. The van der Waals surface area contributed by atoms with Crippen molar-refractivity contribution < 1.29 is 9.53 Å². The summed E-state index contributed by atoms with van der Waals surface area (Å²) < 4.78 is 6.53. The van der Waals surface area contributed by atoms with Crippen molar-refractivity contribution in [2.24, 2.45) is 5.73 Å². The van der Waals surface area contributed by atoms with Gasteiger partial charge in [0.25, 0.3) is 0 Å². The van der Waals surface area contributed by atoms with E-state index in [4.69, 9.17) is 10.5 Å². The molecule has 0 radical (unpaired) electrons. The van der Waals surface area contributed by atoms with Crippen molar-refractivity contribution in [2.45, 2.75) is 38.3 Å². The van der Waals surface area contributed by atoms with Gasteiger partial charge in [0, 0.05) is 18.9 Å². The van der Waals surface area contributed by atoms with Crippen LogP contribution in [0.2, 0.25) is 0 Å². The lowest BCUT2D eigenvalue weighted by molar-refractivity contribution is -0.147. The molecule has 0 spiro atoms. The number of methoxy groups -OCH3 is 1. The second-order valence-electron chi connectivity index (χ2n) is 3.87. The maximum atomic E-state index is 11.5. The fourth-order valence-electron chi connectivity index (χ4n) is 1.62. The SMILES string of the molecule is CCC(N)(CCCn1cccn1)C(=O)OC. The molecule has 1 aromatic rings. The predicted octanol–water partition coefficient (Wildman–Crippen LogP) is 0.944. The van der Waals surface area contributed by atoms with Crippen LogP contribution < -0.4 is 5.73 Å². The van der Waals surface area contributed by atoms with Crippen molar-refractivity contribution in [3.8, 4) is 0 Å². The average molecular weight is 225 g/mol. The number of carbonyl (C=O) groups is 1. The lowest BCUT2D eigenvalue weighted by atomic mass is 9.92. The average Bonchev–Trinajstić information content (AvgIpc) is 2.80. The standard InChI is InChI=1S/C11H19N3O2/c1-3-11(12,10(15)16-2)6-4-8-14-9-5-7-13-14/h5,7,9H,3-4,6,8,12H2,1-2H3.